The molecule has 24 heavy (non-hydrogen) atoms. The van der Waals surface area contributed by atoms with E-state index in [-0.39, 0.29) is 11.8 Å². The number of fused-ring (bicyclic) bond motifs is 2. The molecule has 2 amide bonds. The predicted octanol–water partition coefficient (Wildman–Crippen LogP) is 4.44. The Balaban J connectivity index is 1.47. The van der Waals surface area contributed by atoms with Gasteiger partial charge in [-0.1, -0.05) is 20.3 Å². The van der Waals surface area contributed by atoms with Crippen molar-refractivity contribution in [3.8, 4) is 0 Å². The van der Waals surface area contributed by atoms with Gasteiger partial charge in [0.15, 0.2) is 0 Å². The molecular formula is C20H28N2O2. The molecular weight excluding hydrogens is 300 g/mol. The lowest BCUT2D eigenvalue weighted by Gasteiger charge is -2.20. The van der Waals surface area contributed by atoms with Crippen LogP contribution in [0.3, 0.4) is 0 Å². The Bertz CT molecular complexity index is 594. The molecule has 2 fully saturated rings. The number of carbonyl (C=O) groups excluding carboxylic acids is 2. The molecule has 1 aromatic carbocycles. The summed E-state index contributed by atoms with van der Waals surface area (Å²) in [6.45, 7) is 4.04. The molecule has 0 heterocycles. The third kappa shape index (κ3) is 4.37. The zero-order valence-corrected chi connectivity index (χ0v) is 14.7. The van der Waals surface area contributed by atoms with Gasteiger partial charge in [0.25, 0.3) is 0 Å². The van der Waals surface area contributed by atoms with Gasteiger partial charge in [-0.05, 0) is 67.2 Å². The standard InChI is InChI=1S/C20H28N2O2/c1-13(2)9-19(23)21-17-5-7-18(8-6-17)22-20(24)12-16-11-14-3-4-15(16)10-14/h5-8,13-16H,3-4,9-12H2,1-2H3,(H,21,23)(H,22,24). The average Bonchev–Trinajstić information content (AvgIpc) is 3.11. The van der Waals surface area contributed by atoms with Gasteiger partial charge in [0.2, 0.25) is 11.8 Å². The number of anilines is 2. The highest BCUT2D eigenvalue weighted by Gasteiger charge is 2.40. The summed E-state index contributed by atoms with van der Waals surface area (Å²) in [5, 5.41) is 5.87. The monoisotopic (exact) mass is 328 g/mol. The quantitative estimate of drug-likeness (QED) is 0.811. The fraction of sp³-hybridized carbons (Fsp3) is 0.600. The van der Waals surface area contributed by atoms with E-state index in [4.69, 9.17) is 0 Å². The first kappa shape index (κ1) is 17.0. The molecule has 130 valence electrons. The molecule has 2 aliphatic carbocycles. The van der Waals surface area contributed by atoms with Gasteiger partial charge in [0.1, 0.15) is 0 Å². The van der Waals surface area contributed by atoms with Gasteiger partial charge in [0.05, 0.1) is 0 Å². The van der Waals surface area contributed by atoms with Gasteiger partial charge in [-0.2, -0.15) is 0 Å². The van der Waals surface area contributed by atoms with Gasteiger partial charge in [-0.25, -0.2) is 0 Å². The molecule has 0 spiro atoms. The highest BCUT2D eigenvalue weighted by molar-refractivity contribution is 5.93. The Hall–Kier alpha value is -1.84. The largest absolute Gasteiger partial charge is 0.326 e. The van der Waals surface area contributed by atoms with Gasteiger partial charge < -0.3 is 10.6 Å². The Kier molecular flexibility index (Phi) is 5.22. The molecule has 2 aliphatic rings. The van der Waals surface area contributed by atoms with Crippen molar-refractivity contribution in [3.63, 3.8) is 0 Å². The van der Waals surface area contributed by atoms with Crippen LogP contribution in [0.1, 0.15) is 52.4 Å². The summed E-state index contributed by atoms with van der Waals surface area (Å²) in [6, 6.07) is 7.38. The second-order valence-corrected chi connectivity index (χ2v) is 7.91. The van der Waals surface area contributed by atoms with E-state index in [1.54, 1.807) is 0 Å². The summed E-state index contributed by atoms with van der Waals surface area (Å²) in [5.41, 5.74) is 1.57. The Morgan fingerprint density at radius 2 is 1.62 bits per heavy atom. The lowest BCUT2D eigenvalue weighted by molar-refractivity contribution is -0.118. The summed E-state index contributed by atoms with van der Waals surface area (Å²) in [5.74, 6) is 2.72. The third-order valence-electron chi connectivity index (χ3n) is 5.38. The highest BCUT2D eigenvalue weighted by atomic mass is 16.2. The summed E-state index contributed by atoms with van der Waals surface area (Å²) < 4.78 is 0. The van der Waals surface area contributed by atoms with Crippen LogP contribution in [-0.4, -0.2) is 11.8 Å². The van der Waals surface area contributed by atoms with Crippen molar-refractivity contribution in [2.75, 3.05) is 10.6 Å². The van der Waals surface area contributed by atoms with Crippen LogP contribution in [0.5, 0.6) is 0 Å². The minimum absolute atomic E-state index is 0.0260. The van der Waals surface area contributed by atoms with E-state index in [1.165, 1.54) is 25.7 Å². The van der Waals surface area contributed by atoms with Crippen LogP contribution in [0.15, 0.2) is 24.3 Å². The van der Waals surface area contributed by atoms with Gasteiger partial charge >= 0.3 is 0 Å². The highest BCUT2D eigenvalue weighted by Crippen LogP contribution is 2.49. The van der Waals surface area contributed by atoms with Gasteiger partial charge in [0, 0.05) is 24.2 Å². The maximum absolute atomic E-state index is 12.2. The summed E-state index contributed by atoms with van der Waals surface area (Å²) >= 11 is 0. The molecule has 0 saturated heterocycles. The maximum Gasteiger partial charge on any atom is 0.224 e. The van der Waals surface area contributed by atoms with Crippen LogP contribution < -0.4 is 10.6 Å². The molecule has 0 aromatic heterocycles. The van der Waals surface area contributed by atoms with Crippen molar-refractivity contribution in [3.05, 3.63) is 24.3 Å². The number of hydrogen-bond donors (Lipinski definition) is 2. The molecule has 3 unspecified atom stereocenters. The number of amides is 2. The second-order valence-electron chi connectivity index (χ2n) is 7.91. The summed E-state index contributed by atoms with van der Waals surface area (Å²) in [7, 11) is 0. The normalized spacial score (nSPS) is 25.0. The van der Waals surface area contributed by atoms with E-state index in [0.717, 1.165) is 23.2 Å². The zero-order chi connectivity index (χ0) is 17.1. The van der Waals surface area contributed by atoms with Crippen LogP contribution in [0.25, 0.3) is 0 Å². The van der Waals surface area contributed by atoms with Crippen molar-refractivity contribution in [1.29, 1.82) is 0 Å². The van der Waals surface area contributed by atoms with Crippen molar-refractivity contribution in [2.24, 2.45) is 23.7 Å². The number of rotatable bonds is 6. The first-order chi connectivity index (χ1) is 11.5. The number of carbonyl (C=O) groups is 2. The Morgan fingerprint density at radius 3 is 2.12 bits per heavy atom. The van der Waals surface area contributed by atoms with Crippen molar-refractivity contribution in [1.82, 2.24) is 0 Å². The van der Waals surface area contributed by atoms with Crippen molar-refractivity contribution < 1.29 is 9.59 Å². The first-order valence-corrected chi connectivity index (χ1v) is 9.19. The zero-order valence-electron chi connectivity index (χ0n) is 14.7. The number of hydrogen-bond acceptors (Lipinski definition) is 2. The van der Waals surface area contributed by atoms with E-state index < -0.39 is 0 Å². The molecule has 0 aliphatic heterocycles. The molecule has 3 rings (SSSR count). The van der Waals surface area contributed by atoms with E-state index in [0.29, 0.717) is 24.7 Å². The van der Waals surface area contributed by atoms with E-state index in [1.807, 2.05) is 38.1 Å². The predicted molar refractivity (Wildman–Crippen MR) is 96.7 cm³/mol. The molecule has 1 aromatic rings. The molecule has 4 nitrogen and oxygen atoms in total. The topological polar surface area (TPSA) is 58.2 Å². The Labute approximate surface area is 144 Å². The van der Waals surface area contributed by atoms with Gasteiger partial charge in [-0.3, -0.25) is 9.59 Å². The fourth-order valence-corrected chi connectivity index (χ4v) is 4.30. The molecule has 3 atom stereocenters. The smallest absolute Gasteiger partial charge is 0.224 e. The second kappa shape index (κ2) is 7.37. The number of nitrogens with one attached hydrogen (secondary N) is 2. The molecule has 0 radical (unpaired) electrons. The van der Waals surface area contributed by atoms with Crippen molar-refractivity contribution in [2.45, 2.75) is 52.4 Å². The summed E-state index contributed by atoms with van der Waals surface area (Å²) in [4.78, 5) is 24.0. The van der Waals surface area contributed by atoms with Crippen molar-refractivity contribution >= 4 is 23.2 Å². The minimum Gasteiger partial charge on any atom is -0.326 e. The summed E-state index contributed by atoms with van der Waals surface area (Å²) in [6.07, 6.45) is 6.41. The van der Waals surface area contributed by atoms with Crippen LogP contribution in [0.4, 0.5) is 11.4 Å². The third-order valence-corrected chi connectivity index (χ3v) is 5.38. The van der Waals surface area contributed by atoms with Gasteiger partial charge in [-0.15, -0.1) is 0 Å². The molecule has 2 saturated carbocycles. The van der Waals surface area contributed by atoms with E-state index in [2.05, 4.69) is 10.6 Å². The lowest BCUT2D eigenvalue weighted by Crippen LogP contribution is -2.20. The number of benzene rings is 1. The maximum atomic E-state index is 12.2. The van der Waals surface area contributed by atoms with Crippen LogP contribution in [0.2, 0.25) is 0 Å². The van der Waals surface area contributed by atoms with E-state index in [9.17, 15) is 9.59 Å². The fourth-order valence-electron chi connectivity index (χ4n) is 4.30. The van der Waals surface area contributed by atoms with Crippen LogP contribution in [0, 0.1) is 23.7 Å². The average molecular weight is 328 g/mol. The lowest BCUT2D eigenvalue weighted by atomic mass is 9.86. The molecule has 4 heteroatoms. The Morgan fingerprint density at radius 1 is 1.00 bits per heavy atom. The van der Waals surface area contributed by atoms with Crippen LogP contribution >= 0.6 is 0 Å². The van der Waals surface area contributed by atoms with E-state index >= 15 is 0 Å². The first-order valence-electron chi connectivity index (χ1n) is 9.19. The molecule has 2 N–H and O–H groups in total. The SMILES string of the molecule is CC(C)CC(=O)Nc1ccc(NC(=O)CC2CC3CCC2C3)cc1. The molecule has 2 bridgehead atoms. The minimum atomic E-state index is 0.0260. The van der Waals surface area contributed by atoms with Crippen LogP contribution in [-0.2, 0) is 9.59 Å².